The van der Waals surface area contributed by atoms with E-state index in [0.29, 0.717) is 13.0 Å². The second-order valence-corrected chi connectivity index (χ2v) is 7.84. The van der Waals surface area contributed by atoms with Crippen LogP contribution >= 0.6 is 35.0 Å². The van der Waals surface area contributed by atoms with Crippen LogP contribution in [0.3, 0.4) is 0 Å². The molecule has 0 aromatic carbocycles. The summed E-state index contributed by atoms with van der Waals surface area (Å²) in [7, 11) is 0. The summed E-state index contributed by atoms with van der Waals surface area (Å²) in [5.41, 5.74) is -0.744. The average molecular weight is 298 g/mol. The van der Waals surface area contributed by atoms with Crippen LogP contribution in [0.2, 0.25) is 0 Å². The zero-order valence-electron chi connectivity index (χ0n) is 9.71. The minimum atomic E-state index is -0.885. The standard InChI is InChI=1S/C11H17Cl2NO2S/c1-2-17-8-3-4-10(8,16)6-14-9(15)7-5-11(7,12)13/h7-8,16H,2-6H2,1H3,(H,14,15). The number of thioether (sulfide) groups is 1. The van der Waals surface area contributed by atoms with Crippen LogP contribution in [0.5, 0.6) is 0 Å². The summed E-state index contributed by atoms with van der Waals surface area (Å²) in [5.74, 6) is 0.526. The monoisotopic (exact) mass is 297 g/mol. The molecule has 2 fully saturated rings. The highest BCUT2D eigenvalue weighted by molar-refractivity contribution is 8.00. The lowest BCUT2D eigenvalue weighted by Crippen LogP contribution is -2.57. The summed E-state index contributed by atoms with van der Waals surface area (Å²) < 4.78 is -0.885. The van der Waals surface area contributed by atoms with Gasteiger partial charge in [-0.05, 0) is 25.0 Å². The molecule has 6 heteroatoms. The van der Waals surface area contributed by atoms with Crippen molar-refractivity contribution in [3.63, 3.8) is 0 Å². The lowest BCUT2D eigenvalue weighted by Gasteiger charge is -2.45. The van der Waals surface area contributed by atoms with Gasteiger partial charge in [0.1, 0.15) is 4.33 Å². The van der Waals surface area contributed by atoms with Crippen LogP contribution in [0, 0.1) is 5.92 Å². The van der Waals surface area contributed by atoms with Gasteiger partial charge in [-0.25, -0.2) is 0 Å². The number of hydrogen-bond donors (Lipinski definition) is 2. The van der Waals surface area contributed by atoms with Crippen molar-refractivity contribution in [2.24, 2.45) is 5.92 Å². The Balaban J connectivity index is 1.77. The van der Waals surface area contributed by atoms with Crippen molar-refractivity contribution in [2.45, 2.75) is 41.4 Å². The van der Waals surface area contributed by atoms with Gasteiger partial charge in [0, 0.05) is 11.8 Å². The van der Waals surface area contributed by atoms with Crippen molar-refractivity contribution in [3.8, 4) is 0 Å². The largest absolute Gasteiger partial charge is 0.387 e. The molecule has 0 aliphatic heterocycles. The highest BCUT2D eigenvalue weighted by Crippen LogP contribution is 2.53. The van der Waals surface area contributed by atoms with E-state index in [2.05, 4.69) is 12.2 Å². The van der Waals surface area contributed by atoms with Crippen molar-refractivity contribution in [3.05, 3.63) is 0 Å². The van der Waals surface area contributed by atoms with E-state index in [0.717, 1.165) is 18.6 Å². The minimum Gasteiger partial charge on any atom is -0.387 e. The predicted molar refractivity (Wildman–Crippen MR) is 71.7 cm³/mol. The molecule has 2 rings (SSSR count). The van der Waals surface area contributed by atoms with E-state index in [1.165, 1.54) is 0 Å². The molecule has 3 nitrogen and oxygen atoms in total. The molecule has 2 aliphatic carbocycles. The van der Waals surface area contributed by atoms with Crippen LogP contribution in [0.15, 0.2) is 0 Å². The second kappa shape index (κ2) is 4.80. The lowest BCUT2D eigenvalue weighted by molar-refractivity contribution is -0.124. The van der Waals surface area contributed by atoms with Crippen molar-refractivity contribution < 1.29 is 9.90 Å². The Bertz CT molecular complexity index is 327. The number of nitrogens with one attached hydrogen (secondary N) is 1. The van der Waals surface area contributed by atoms with Crippen LogP contribution in [0.1, 0.15) is 26.2 Å². The normalized spacial score (nSPS) is 38.4. The zero-order valence-corrected chi connectivity index (χ0v) is 12.0. The van der Waals surface area contributed by atoms with Crippen LogP contribution in [-0.4, -0.2) is 38.5 Å². The van der Waals surface area contributed by atoms with Gasteiger partial charge in [-0.3, -0.25) is 4.79 Å². The Morgan fingerprint density at radius 3 is 2.65 bits per heavy atom. The maximum absolute atomic E-state index is 11.7. The fraction of sp³-hybridized carbons (Fsp3) is 0.909. The van der Waals surface area contributed by atoms with E-state index in [1.807, 2.05) is 0 Å². The van der Waals surface area contributed by atoms with E-state index < -0.39 is 9.93 Å². The summed E-state index contributed by atoms with van der Waals surface area (Å²) in [4.78, 5) is 11.7. The molecule has 1 amide bonds. The second-order valence-electron chi connectivity index (χ2n) is 4.82. The molecule has 0 radical (unpaired) electrons. The lowest BCUT2D eigenvalue weighted by atomic mass is 9.79. The van der Waals surface area contributed by atoms with Gasteiger partial charge in [0.15, 0.2) is 0 Å². The SMILES string of the molecule is CCSC1CCC1(O)CNC(=O)C1CC1(Cl)Cl. The van der Waals surface area contributed by atoms with Crippen molar-refractivity contribution in [1.29, 1.82) is 0 Å². The fourth-order valence-electron chi connectivity index (χ4n) is 2.10. The fourth-order valence-corrected chi connectivity index (χ4v) is 3.80. The summed E-state index contributed by atoms with van der Waals surface area (Å²) in [6, 6.07) is 0. The van der Waals surface area contributed by atoms with Crippen molar-refractivity contribution >= 4 is 40.9 Å². The molecule has 0 heterocycles. The van der Waals surface area contributed by atoms with E-state index in [1.54, 1.807) is 11.8 Å². The van der Waals surface area contributed by atoms with Gasteiger partial charge in [0.25, 0.3) is 0 Å². The molecule has 0 bridgehead atoms. The average Bonchev–Trinajstić information content (AvgIpc) is 2.90. The van der Waals surface area contributed by atoms with Gasteiger partial charge >= 0.3 is 0 Å². The van der Waals surface area contributed by atoms with Crippen LogP contribution in [0.4, 0.5) is 0 Å². The number of alkyl halides is 2. The Morgan fingerprint density at radius 2 is 2.24 bits per heavy atom. The molecule has 3 unspecified atom stereocenters. The van der Waals surface area contributed by atoms with E-state index in [-0.39, 0.29) is 17.1 Å². The summed E-state index contributed by atoms with van der Waals surface area (Å²) >= 11 is 13.4. The Hall–Kier alpha value is 0.360. The van der Waals surface area contributed by atoms with Gasteiger partial charge in [-0.1, -0.05) is 6.92 Å². The molecular weight excluding hydrogens is 281 g/mol. The summed E-state index contributed by atoms with van der Waals surface area (Å²) in [6.07, 6.45) is 2.28. The smallest absolute Gasteiger partial charge is 0.226 e. The Kier molecular flexibility index (Phi) is 3.89. The predicted octanol–water partition coefficient (Wildman–Crippen LogP) is 1.94. The third-order valence-corrected chi connectivity index (χ3v) is 5.76. The van der Waals surface area contributed by atoms with Crippen LogP contribution in [-0.2, 0) is 4.79 Å². The molecule has 2 aliphatic rings. The molecule has 17 heavy (non-hydrogen) atoms. The highest BCUT2D eigenvalue weighted by atomic mass is 35.5. The highest BCUT2D eigenvalue weighted by Gasteiger charge is 2.56. The van der Waals surface area contributed by atoms with Gasteiger partial charge in [0.05, 0.1) is 11.5 Å². The minimum absolute atomic E-state index is 0.143. The molecule has 98 valence electrons. The van der Waals surface area contributed by atoms with Crippen molar-refractivity contribution in [2.75, 3.05) is 12.3 Å². The van der Waals surface area contributed by atoms with Crippen LogP contribution < -0.4 is 5.32 Å². The molecule has 2 N–H and O–H groups in total. The van der Waals surface area contributed by atoms with Gasteiger partial charge in [0.2, 0.25) is 5.91 Å². The maximum Gasteiger partial charge on any atom is 0.226 e. The zero-order chi connectivity index (χ0) is 12.7. The van der Waals surface area contributed by atoms with Crippen molar-refractivity contribution in [1.82, 2.24) is 5.32 Å². The van der Waals surface area contributed by atoms with Gasteiger partial charge < -0.3 is 10.4 Å². The number of amides is 1. The molecular formula is C11H17Cl2NO2S. The van der Waals surface area contributed by atoms with Gasteiger partial charge in [-0.2, -0.15) is 11.8 Å². The molecule has 0 aromatic rings. The quantitative estimate of drug-likeness (QED) is 0.763. The van der Waals surface area contributed by atoms with E-state index >= 15 is 0 Å². The van der Waals surface area contributed by atoms with Crippen LogP contribution in [0.25, 0.3) is 0 Å². The molecule has 2 saturated carbocycles. The first-order valence-electron chi connectivity index (χ1n) is 5.88. The number of rotatable bonds is 5. The molecule has 0 spiro atoms. The molecule has 0 aromatic heterocycles. The molecule has 3 atom stereocenters. The Labute approximate surface area is 116 Å². The summed E-state index contributed by atoms with van der Waals surface area (Å²) in [6.45, 7) is 2.38. The number of carbonyl (C=O) groups excluding carboxylic acids is 1. The topological polar surface area (TPSA) is 49.3 Å². The maximum atomic E-state index is 11.7. The first kappa shape index (κ1) is 13.8. The summed E-state index contributed by atoms with van der Waals surface area (Å²) in [5, 5.41) is 13.3. The first-order chi connectivity index (χ1) is 7.89. The Morgan fingerprint density at radius 1 is 1.59 bits per heavy atom. The first-order valence-corrected chi connectivity index (χ1v) is 7.69. The van der Waals surface area contributed by atoms with E-state index in [9.17, 15) is 9.90 Å². The van der Waals surface area contributed by atoms with E-state index in [4.69, 9.17) is 23.2 Å². The number of aliphatic hydroxyl groups is 1. The number of hydrogen-bond acceptors (Lipinski definition) is 3. The third-order valence-electron chi connectivity index (χ3n) is 3.52. The molecule has 0 saturated heterocycles. The number of halogens is 2. The number of carbonyl (C=O) groups is 1. The third kappa shape index (κ3) is 2.86. The van der Waals surface area contributed by atoms with Gasteiger partial charge in [-0.15, -0.1) is 23.2 Å².